The smallest absolute Gasteiger partial charge is 0.344 e. The molecule has 0 spiro atoms. The normalized spacial score (nSPS) is 11.2. The fourth-order valence-corrected chi connectivity index (χ4v) is 12.0. The van der Waals surface area contributed by atoms with Gasteiger partial charge in [-0.25, -0.2) is 44.0 Å². The lowest BCUT2D eigenvalue weighted by molar-refractivity contribution is -0.138. The van der Waals surface area contributed by atoms with Crippen LogP contribution >= 0.6 is 22.7 Å². The summed E-state index contributed by atoms with van der Waals surface area (Å²) in [7, 11) is 0. The van der Waals surface area contributed by atoms with Gasteiger partial charge in [-0.1, -0.05) is 112 Å². The maximum absolute atomic E-state index is 14.1. The van der Waals surface area contributed by atoms with Crippen LogP contribution in [0.1, 0.15) is 178 Å². The van der Waals surface area contributed by atoms with Gasteiger partial charge in [-0.15, -0.1) is 0 Å². The number of aromatic nitrogens is 2. The third-order valence-electron chi connectivity index (χ3n) is 15.6. The van der Waals surface area contributed by atoms with Crippen molar-refractivity contribution in [1.82, 2.24) is 9.97 Å². The SMILES string of the molecule is C=CC(=O)OCCCCCCOc1ccc(OC(=O)c2ccc(OC(=O)CCCCOC(=O)c3ccc(OC(=O)c4ccc(OCCCCCCOC(=O)C=C)cc4)c(/C=N/N(CCCCCC)c4nc5ccccc5s4)c3)cc2/C=N/N(CCCCCC)c2nc3ccccc3s2)cc1. The second-order valence-electron chi connectivity index (χ2n) is 23.4. The number of para-hydroxylation sites is 2. The van der Waals surface area contributed by atoms with E-state index in [0.29, 0.717) is 91.0 Å². The van der Waals surface area contributed by atoms with Gasteiger partial charge in [0.05, 0.1) is 82.6 Å². The van der Waals surface area contributed by atoms with Crippen LogP contribution in [0.15, 0.2) is 169 Å². The monoisotopic (exact) mass is 1400 g/mol. The van der Waals surface area contributed by atoms with Crippen LogP contribution in [0.25, 0.3) is 20.4 Å². The van der Waals surface area contributed by atoms with Crippen molar-refractivity contribution < 1.29 is 66.7 Å². The molecule has 0 aliphatic rings. The molecule has 6 aromatic carbocycles. The summed E-state index contributed by atoms with van der Waals surface area (Å²) in [5, 5.41) is 14.8. The number of carbonyl (C=O) groups is 6. The molecule has 0 saturated carbocycles. The number of carbonyl (C=O) groups excluding carboxylic acids is 6. The summed E-state index contributed by atoms with van der Waals surface area (Å²) in [5.41, 5.74) is 3.02. The topological polar surface area (TPSA) is 233 Å². The number of nitrogens with zero attached hydrogens (tertiary/aromatic N) is 6. The first-order valence-corrected chi connectivity index (χ1v) is 36.0. The Morgan fingerprint density at radius 1 is 0.440 bits per heavy atom. The van der Waals surface area contributed by atoms with Gasteiger partial charge in [0, 0.05) is 42.8 Å². The predicted octanol–water partition coefficient (Wildman–Crippen LogP) is 17.5. The number of hydrazone groups is 2. The predicted molar refractivity (Wildman–Crippen MR) is 393 cm³/mol. The molecule has 8 aromatic rings. The first kappa shape index (κ1) is 75.7. The Hall–Kier alpha value is -10.1. The summed E-state index contributed by atoms with van der Waals surface area (Å²) in [6, 6.07) is 38.4. The van der Waals surface area contributed by atoms with Crippen molar-refractivity contribution in [3.05, 3.63) is 187 Å². The van der Waals surface area contributed by atoms with Crippen LogP contribution in [0.5, 0.6) is 28.7 Å². The van der Waals surface area contributed by atoms with E-state index in [4.69, 9.17) is 58.1 Å². The molecule has 100 heavy (non-hydrogen) atoms. The van der Waals surface area contributed by atoms with Gasteiger partial charge in [-0.3, -0.25) is 4.79 Å². The number of anilines is 2. The highest BCUT2D eigenvalue weighted by molar-refractivity contribution is 7.22. The highest BCUT2D eigenvalue weighted by Gasteiger charge is 2.21. The molecule has 0 amide bonds. The van der Waals surface area contributed by atoms with Gasteiger partial charge in [0.2, 0.25) is 10.3 Å². The Bertz CT molecular complexity index is 3950. The van der Waals surface area contributed by atoms with Crippen LogP contribution in [0.3, 0.4) is 0 Å². The summed E-state index contributed by atoms with van der Waals surface area (Å²) < 4.78 is 47.5. The highest BCUT2D eigenvalue weighted by atomic mass is 32.1. The molecule has 0 N–H and O–H groups in total. The Morgan fingerprint density at radius 3 is 1.47 bits per heavy atom. The molecule has 0 fully saturated rings. The second-order valence-corrected chi connectivity index (χ2v) is 25.4. The zero-order chi connectivity index (χ0) is 70.5. The Balaban J connectivity index is 0.905. The van der Waals surface area contributed by atoms with Gasteiger partial charge < -0.3 is 37.9 Å². The van der Waals surface area contributed by atoms with Crippen molar-refractivity contribution in [2.75, 3.05) is 56.1 Å². The van der Waals surface area contributed by atoms with Crippen molar-refractivity contribution in [2.45, 2.75) is 136 Å². The summed E-state index contributed by atoms with van der Waals surface area (Å²) >= 11 is 3.03. The summed E-state index contributed by atoms with van der Waals surface area (Å²) in [6.07, 6.45) is 20.7. The van der Waals surface area contributed by atoms with E-state index in [1.807, 2.05) is 58.5 Å². The van der Waals surface area contributed by atoms with Gasteiger partial charge in [0.25, 0.3) is 0 Å². The maximum Gasteiger partial charge on any atom is 0.344 e. The van der Waals surface area contributed by atoms with Crippen molar-refractivity contribution in [2.24, 2.45) is 10.2 Å². The number of hydrogen-bond donors (Lipinski definition) is 0. The highest BCUT2D eigenvalue weighted by Crippen LogP contribution is 2.32. The quantitative estimate of drug-likeness (QED) is 0.00656. The first-order valence-electron chi connectivity index (χ1n) is 34.4. The molecule has 0 atom stereocenters. The molecule has 0 radical (unpaired) electrons. The zero-order valence-corrected chi connectivity index (χ0v) is 58.7. The first-order chi connectivity index (χ1) is 48.9. The van der Waals surface area contributed by atoms with Crippen LogP contribution < -0.4 is 33.7 Å². The van der Waals surface area contributed by atoms with Crippen LogP contribution in [-0.4, -0.2) is 104 Å². The van der Waals surface area contributed by atoms with Crippen LogP contribution in [-0.2, 0) is 28.6 Å². The number of esters is 6. The van der Waals surface area contributed by atoms with Gasteiger partial charge in [0.15, 0.2) is 0 Å². The molecule has 526 valence electrons. The standard InChI is InChI=1S/C78H88N6O14S2/c1-5-9-11-22-46-83(77-81-66-29-17-19-31-69(66)99-77)79-55-59-54-64(43-44-65(59)76(90)97-63-41-39-62(40-42-63)92-49-25-14-16-27-51-94-72(86)8-4)96-73(87)33-21-28-52-95-74(88)58-36-45-68(98-75(89)57-34-37-61(38-35-57)91-48-24-13-15-26-50-93-71(85)7-3)60(53-58)56-80-84(47-23-12-10-6-2)78-82-67-30-18-20-32-70(67)100-78/h7-8,17-20,29-32,34-45,53-56H,3-6,9-16,21-28,33,46-52H2,1-2H3/b79-55+,80-56+. The lowest BCUT2D eigenvalue weighted by Crippen LogP contribution is -2.19. The Labute approximate surface area is 592 Å². The minimum atomic E-state index is -0.660. The van der Waals surface area contributed by atoms with Gasteiger partial charge >= 0.3 is 35.8 Å². The number of thiazole rings is 2. The van der Waals surface area contributed by atoms with E-state index in [-0.39, 0.29) is 41.2 Å². The minimum Gasteiger partial charge on any atom is -0.494 e. The van der Waals surface area contributed by atoms with E-state index >= 15 is 0 Å². The average molecular weight is 1400 g/mol. The Kier molecular flexibility index (Phi) is 31.8. The van der Waals surface area contributed by atoms with Gasteiger partial charge in [-0.2, -0.15) is 10.2 Å². The van der Waals surface area contributed by atoms with Crippen LogP contribution in [0.4, 0.5) is 10.3 Å². The van der Waals surface area contributed by atoms with Crippen molar-refractivity contribution in [1.29, 1.82) is 0 Å². The van der Waals surface area contributed by atoms with E-state index in [9.17, 15) is 28.8 Å². The molecule has 22 heteroatoms. The van der Waals surface area contributed by atoms with Gasteiger partial charge in [0.1, 0.15) is 28.7 Å². The third kappa shape index (κ3) is 25.3. The maximum atomic E-state index is 14.1. The minimum absolute atomic E-state index is 0.0120. The summed E-state index contributed by atoms with van der Waals surface area (Å²) in [4.78, 5) is 87.5. The lowest BCUT2D eigenvalue weighted by Gasteiger charge is -2.16. The van der Waals surface area contributed by atoms with E-state index in [1.54, 1.807) is 73.1 Å². The zero-order valence-electron chi connectivity index (χ0n) is 57.0. The number of hydrogen-bond acceptors (Lipinski definition) is 22. The number of unbranched alkanes of at least 4 members (excludes halogenated alkanes) is 13. The number of fused-ring (bicyclic) bond motifs is 2. The van der Waals surface area contributed by atoms with E-state index in [2.05, 4.69) is 27.0 Å². The molecule has 0 aliphatic carbocycles. The van der Waals surface area contributed by atoms with E-state index in [1.165, 1.54) is 46.9 Å². The Morgan fingerprint density at radius 2 is 0.920 bits per heavy atom. The van der Waals surface area contributed by atoms with E-state index in [0.717, 1.165) is 135 Å². The number of rotatable bonds is 45. The second kappa shape index (κ2) is 42.0. The molecule has 0 unspecified atom stereocenters. The largest absolute Gasteiger partial charge is 0.494 e. The fourth-order valence-electron chi connectivity index (χ4n) is 10.1. The number of benzene rings is 6. The number of ether oxygens (including phenoxy) is 8. The van der Waals surface area contributed by atoms with Crippen molar-refractivity contribution in [3.8, 4) is 28.7 Å². The molecular formula is C78H88N6O14S2. The molecule has 2 heterocycles. The van der Waals surface area contributed by atoms with Crippen LogP contribution in [0, 0.1) is 0 Å². The lowest BCUT2D eigenvalue weighted by atomic mass is 10.1. The molecule has 0 saturated heterocycles. The fraction of sp³-hybridized carbons (Fsp3) is 0.359. The molecule has 0 aliphatic heterocycles. The van der Waals surface area contributed by atoms with Gasteiger partial charge in [-0.05, 0) is 186 Å². The van der Waals surface area contributed by atoms with E-state index < -0.39 is 35.8 Å². The summed E-state index contributed by atoms with van der Waals surface area (Å²) in [5.74, 6) is -1.49. The van der Waals surface area contributed by atoms with Crippen LogP contribution in [0.2, 0.25) is 0 Å². The third-order valence-corrected chi connectivity index (χ3v) is 17.7. The summed E-state index contributed by atoms with van der Waals surface area (Å²) in [6.45, 7) is 13.9. The van der Waals surface area contributed by atoms with Crippen molar-refractivity contribution in [3.63, 3.8) is 0 Å². The molecule has 2 aromatic heterocycles. The molecule has 0 bridgehead atoms. The van der Waals surface area contributed by atoms with Crippen molar-refractivity contribution >= 4 is 102 Å². The molecule has 20 nitrogen and oxygen atoms in total. The average Bonchev–Trinajstić information content (AvgIpc) is 1.48. The molecular weight excluding hydrogens is 1310 g/mol. The molecule has 8 rings (SSSR count).